The summed E-state index contributed by atoms with van der Waals surface area (Å²) < 4.78 is 15.9. The van der Waals surface area contributed by atoms with Crippen LogP contribution in [0.1, 0.15) is 30.4 Å². The van der Waals surface area contributed by atoms with Crippen molar-refractivity contribution in [3.05, 3.63) is 59.5 Å². The molecule has 1 aromatic heterocycles. The molecule has 1 N–H and O–H groups in total. The van der Waals surface area contributed by atoms with Gasteiger partial charge >= 0.3 is 0 Å². The summed E-state index contributed by atoms with van der Waals surface area (Å²) in [6, 6.07) is 13.7. The Balaban J connectivity index is 1.27. The third-order valence-electron chi connectivity index (χ3n) is 4.58. The molecule has 1 aliphatic rings. The molecular formula is C21H21N3O4. The van der Waals surface area contributed by atoms with Crippen molar-refractivity contribution in [2.45, 2.75) is 32.7 Å². The van der Waals surface area contributed by atoms with E-state index in [1.165, 1.54) is 5.56 Å². The number of hydrogen-bond acceptors (Lipinski definition) is 6. The zero-order chi connectivity index (χ0) is 19.3. The van der Waals surface area contributed by atoms with Crippen molar-refractivity contribution in [1.29, 1.82) is 0 Å². The van der Waals surface area contributed by atoms with E-state index >= 15 is 0 Å². The van der Waals surface area contributed by atoms with Crippen molar-refractivity contribution >= 4 is 5.91 Å². The van der Waals surface area contributed by atoms with Crippen molar-refractivity contribution in [3.63, 3.8) is 0 Å². The van der Waals surface area contributed by atoms with Gasteiger partial charge in [0.1, 0.15) is 0 Å². The molecule has 0 unspecified atom stereocenters. The summed E-state index contributed by atoms with van der Waals surface area (Å²) in [5, 5.41) is 6.89. The molecule has 0 saturated heterocycles. The second-order valence-electron chi connectivity index (χ2n) is 6.53. The van der Waals surface area contributed by atoms with Crippen LogP contribution in [0.3, 0.4) is 0 Å². The minimum absolute atomic E-state index is 0.0790. The summed E-state index contributed by atoms with van der Waals surface area (Å²) in [5.74, 6) is 2.35. The van der Waals surface area contributed by atoms with Crippen LogP contribution >= 0.6 is 0 Å². The molecule has 1 aliphatic heterocycles. The minimum atomic E-state index is -0.0790. The van der Waals surface area contributed by atoms with Crippen LogP contribution in [0.2, 0.25) is 0 Å². The number of hydrogen-bond donors (Lipinski definition) is 1. The second kappa shape index (κ2) is 8.12. The van der Waals surface area contributed by atoms with Gasteiger partial charge in [-0.25, -0.2) is 0 Å². The lowest BCUT2D eigenvalue weighted by Gasteiger charge is -2.05. The standard InChI is InChI=1S/C21H21N3O4/c1-2-14-3-6-16(7-4-14)21-23-20(28-24-21)10-9-19(25)22-12-15-5-8-17-18(11-15)27-13-26-17/h3-8,11H,2,9-10,12-13H2,1H3,(H,22,25). The van der Waals surface area contributed by atoms with Gasteiger partial charge in [0.25, 0.3) is 0 Å². The molecule has 0 aliphatic carbocycles. The van der Waals surface area contributed by atoms with Crippen molar-refractivity contribution in [2.24, 2.45) is 0 Å². The highest BCUT2D eigenvalue weighted by Gasteiger charge is 2.14. The molecular weight excluding hydrogens is 358 g/mol. The lowest BCUT2D eigenvalue weighted by Crippen LogP contribution is -2.23. The number of aromatic nitrogens is 2. The van der Waals surface area contributed by atoms with E-state index in [-0.39, 0.29) is 19.1 Å². The van der Waals surface area contributed by atoms with Gasteiger partial charge in [-0.2, -0.15) is 4.98 Å². The minimum Gasteiger partial charge on any atom is -0.454 e. The molecule has 0 spiro atoms. The Morgan fingerprint density at radius 3 is 2.68 bits per heavy atom. The number of aryl methyl sites for hydroxylation is 2. The van der Waals surface area contributed by atoms with E-state index in [1.807, 2.05) is 30.3 Å². The van der Waals surface area contributed by atoms with Crippen LogP contribution in [-0.4, -0.2) is 22.8 Å². The fourth-order valence-corrected chi connectivity index (χ4v) is 2.92. The Morgan fingerprint density at radius 1 is 1.07 bits per heavy atom. The fourth-order valence-electron chi connectivity index (χ4n) is 2.92. The molecule has 7 heteroatoms. The Labute approximate surface area is 162 Å². The maximum Gasteiger partial charge on any atom is 0.231 e. The number of ether oxygens (including phenoxy) is 2. The first kappa shape index (κ1) is 18.0. The molecule has 7 nitrogen and oxygen atoms in total. The third kappa shape index (κ3) is 4.14. The van der Waals surface area contributed by atoms with Crippen LogP contribution < -0.4 is 14.8 Å². The molecule has 0 radical (unpaired) electrons. The number of benzene rings is 2. The number of nitrogens with zero attached hydrogens (tertiary/aromatic N) is 2. The highest BCUT2D eigenvalue weighted by atomic mass is 16.7. The quantitative estimate of drug-likeness (QED) is 0.678. The lowest BCUT2D eigenvalue weighted by atomic mass is 10.1. The normalized spacial score (nSPS) is 12.2. The molecule has 2 aromatic carbocycles. The first-order valence-electron chi connectivity index (χ1n) is 9.28. The molecule has 1 amide bonds. The van der Waals surface area contributed by atoms with Crippen molar-refractivity contribution in [1.82, 2.24) is 15.5 Å². The smallest absolute Gasteiger partial charge is 0.231 e. The maximum absolute atomic E-state index is 12.1. The van der Waals surface area contributed by atoms with Gasteiger partial charge in [0, 0.05) is 24.9 Å². The number of carbonyl (C=O) groups is 1. The molecule has 3 aromatic rings. The van der Waals surface area contributed by atoms with E-state index in [0.29, 0.717) is 30.4 Å². The maximum atomic E-state index is 12.1. The molecule has 0 fully saturated rings. The van der Waals surface area contributed by atoms with Crippen molar-refractivity contribution in [2.75, 3.05) is 6.79 Å². The first-order valence-corrected chi connectivity index (χ1v) is 9.28. The molecule has 0 saturated carbocycles. The molecule has 0 bridgehead atoms. The SMILES string of the molecule is CCc1ccc(-c2noc(CCC(=O)NCc3ccc4c(c3)OCO4)n2)cc1. The van der Waals surface area contributed by atoms with Crippen LogP contribution in [0.15, 0.2) is 47.0 Å². The van der Waals surface area contributed by atoms with Crippen LogP contribution in [0.5, 0.6) is 11.5 Å². The molecule has 4 rings (SSSR count). The van der Waals surface area contributed by atoms with E-state index in [9.17, 15) is 4.79 Å². The first-order chi connectivity index (χ1) is 13.7. The van der Waals surface area contributed by atoms with Gasteiger partial charge in [-0.15, -0.1) is 0 Å². The summed E-state index contributed by atoms with van der Waals surface area (Å²) in [4.78, 5) is 16.5. The number of nitrogens with one attached hydrogen (secondary N) is 1. The van der Waals surface area contributed by atoms with Gasteiger partial charge in [-0.1, -0.05) is 42.4 Å². The van der Waals surface area contributed by atoms with Crippen molar-refractivity contribution < 1.29 is 18.8 Å². The molecule has 28 heavy (non-hydrogen) atoms. The monoisotopic (exact) mass is 379 g/mol. The van der Waals surface area contributed by atoms with Crippen LogP contribution in [0.4, 0.5) is 0 Å². The number of carbonyl (C=O) groups excluding carboxylic acids is 1. The Kier molecular flexibility index (Phi) is 5.23. The Morgan fingerprint density at radius 2 is 1.86 bits per heavy atom. The predicted molar refractivity (Wildman–Crippen MR) is 102 cm³/mol. The average molecular weight is 379 g/mol. The third-order valence-corrected chi connectivity index (χ3v) is 4.58. The highest BCUT2D eigenvalue weighted by Crippen LogP contribution is 2.32. The van der Waals surface area contributed by atoms with Gasteiger partial charge in [-0.3, -0.25) is 4.79 Å². The van der Waals surface area contributed by atoms with E-state index in [4.69, 9.17) is 14.0 Å². The van der Waals surface area contributed by atoms with Gasteiger partial charge in [0.15, 0.2) is 11.5 Å². The number of amides is 1. The number of fused-ring (bicyclic) bond motifs is 1. The van der Waals surface area contributed by atoms with Crippen LogP contribution in [-0.2, 0) is 24.2 Å². The summed E-state index contributed by atoms with van der Waals surface area (Å²) >= 11 is 0. The van der Waals surface area contributed by atoms with Gasteiger partial charge in [0.05, 0.1) is 0 Å². The zero-order valence-electron chi connectivity index (χ0n) is 15.6. The summed E-state index contributed by atoms with van der Waals surface area (Å²) in [5.41, 5.74) is 3.11. The van der Waals surface area contributed by atoms with Gasteiger partial charge in [-0.05, 0) is 29.7 Å². The van der Waals surface area contributed by atoms with E-state index < -0.39 is 0 Å². The van der Waals surface area contributed by atoms with E-state index in [0.717, 1.165) is 23.3 Å². The molecule has 0 atom stereocenters. The average Bonchev–Trinajstić information content (AvgIpc) is 3.39. The molecule has 144 valence electrons. The van der Waals surface area contributed by atoms with Gasteiger partial charge < -0.3 is 19.3 Å². The molecule has 2 heterocycles. The second-order valence-corrected chi connectivity index (χ2v) is 6.53. The highest BCUT2D eigenvalue weighted by molar-refractivity contribution is 5.76. The number of rotatable bonds is 7. The summed E-state index contributed by atoms with van der Waals surface area (Å²) in [6.07, 6.45) is 1.66. The Hall–Kier alpha value is -3.35. The van der Waals surface area contributed by atoms with Crippen LogP contribution in [0, 0.1) is 0 Å². The van der Waals surface area contributed by atoms with E-state index in [1.54, 1.807) is 0 Å². The Bertz CT molecular complexity index is 966. The van der Waals surface area contributed by atoms with Gasteiger partial charge in [0.2, 0.25) is 24.4 Å². The van der Waals surface area contributed by atoms with Crippen molar-refractivity contribution in [3.8, 4) is 22.9 Å². The van der Waals surface area contributed by atoms with E-state index in [2.05, 4.69) is 34.5 Å². The topological polar surface area (TPSA) is 86.5 Å². The summed E-state index contributed by atoms with van der Waals surface area (Å²) in [6.45, 7) is 2.77. The zero-order valence-corrected chi connectivity index (χ0v) is 15.6. The largest absolute Gasteiger partial charge is 0.454 e. The summed E-state index contributed by atoms with van der Waals surface area (Å²) in [7, 11) is 0. The van der Waals surface area contributed by atoms with Crippen LogP contribution in [0.25, 0.3) is 11.4 Å². The predicted octanol–water partition coefficient (Wildman–Crippen LogP) is 3.28. The fraction of sp³-hybridized carbons (Fsp3) is 0.286. The lowest BCUT2D eigenvalue weighted by molar-refractivity contribution is -0.121.